The average Bonchev–Trinajstić information content (AvgIpc) is 2.49. The van der Waals surface area contributed by atoms with Crippen LogP contribution in [0.3, 0.4) is 0 Å². The molecule has 1 aromatic carbocycles. The molecule has 21 heavy (non-hydrogen) atoms. The molecule has 1 aromatic heterocycles. The quantitative estimate of drug-likeness (QED) is 0.912. The van der Waals surface area contributed by atoms with E-state index in [4.69, 9.17) is 5.73 Å². The van der Waals surface area contributed by atoms with Crippen molar-refractivity contribution in [2.75, 3.05) is 5.32 Å². The molecule has 0 aliphatic carbocycles. The smallest absolute Gasteiger partial charge is 0.255 e. The lowest BCUT2D eigenvalue weighted by molar-refractivity contribution is 0.102. The Bertz CT molecular complexity index is 629. The van der Waals surface area contributed by atoms with Crippen LogP contribution in [0.5, 0.6) is 0 Å². The molecule has 2 rings (SSSR count). The van der Waals surface area contributed by atoms with Crippen LogP contribution in [-0.4, -0.2) is 10.9 Å². The minimum Gasteiger partial charge on any atom is -0.325 e. The molecule has 0 atom stereocenters. The second-order valence-electron chi connectivity index (χ2n) is 4.69. The summed E-state index contributed by atoms with van der Waals surface area (Å²) >= 11 is 0. The van der Waals surface area contributed by atoms with Gasteiger partial charge >= 0.3 is 0 Å². The van der Waals surface area contributed by atoms with E-state index >= 15 is 0 Å². The van der Waals surface area contributed by atoms with E-state index in [1.54, 1.807) is 18.3 Å². The Labute approximate surface area is 131 Å². The summed E-state index contributed by atoms with van der Waals surface area (Å²) in [6.45, 7) is 4.50. The topological polar surface area (TPSA) is 68.0 Å². The SMILES string of the molecule is CCc1cc(NC(=O)c2ccnc(CN)c2)ccc1C.Cl. The Morgan fingerprint density at radius 2 is 2.05 bits per heavy atom. The predicted molar refractivity (Wildman–Crippen MR) is 87.9 cm³/mol. The van der Waals surface area contributed by atoms with Gasteiger partial charge in [0.2, 0.25) is 0 Å². The first kappa shape index (κ1) is 17.1. The molecular formula is C16H20ClN3O. The molecule has 0 spiro atoms. The number of nitrogens with one attached hydrogen (secondary N) is 1. The summed E-state index contributed by atoms with van der Waals surface area (Å²) in [6, 6.07) is 9.34. The summed E-state index contributed by atoms with van der Waals surface area (Å²) in [6.07, 6.45) is 2.55. The van der Waals surface area contributed by atoms with E-state index in [0.29, 0.717) is 17.8 Å². The molecular weight excluding hydrogens is 286 g/mol. The van der Waals surface area contributed by atoms with Gasteiger partial charge in [0.1, 0.15) is 0 Å². The van der Waals surface area contributed by atoms with Gasteiger partial charge in [0.05, 0.1) is 5.69 Å². The molecule has 1 heterocycles. The number of hydrogen-bond donors (Lipinski definition) is 2. The van der Waals surface area contributed by atoms with Gasteiger partial charge in [-0.2, -0.15) is 0 Å². The zero-order chi connectivity index (χ0) is 14.5. The number of amides is 1. The maximum absolute atomic E-state index is 12.2. The standard InChI is InChI=1S/C16H19N3O.ClH/c1-3-12-8-14(5-4-11(12)2)19-16(20)13-6-7-18-15(9-13)10-17;/h4-9H,3,10,17H2,1-2H3,(H,19,20);1H. The highest BCUT2D eigenvalue weighted by Gasteiger charge is 2.08. The molecule has 0 radical (unpaired) electrons. The molecule has 0 saturated carbocycles. The Hall–Kier alpha value is -1.91. The van der Waals surface area contributed by atoms with Crippen molar-refractivity contribution in [3.63, 3.8) is 0 Å². The first-order valence-corrected chi connectivity index (χ1v) is 6.70. The third-order valence-electron chi connectivity index (χ3n) is 3.28. The number of anilines is 1. The third kappa shape index (κ3) is 4.28. The van der Waals surface area contributed by atoms with Gasteiger partial charge in [-0.15, -0.1) is 12.4 Å². The zero-order valence-corrected chi connectivity index (χ0v) is 13.0. The summed E-state index contributed by atoms with van der Waals surface area (Å²) < 4.78 is 0. The van der Waals surface area contributed by atoms with Gasteiger partial charge in [0, 0.05) is 24.0 Å². The number of aryl methyl sites for hydroxylation is 2. The van der Waals surface area contributed by atoms with Crippen LogP contribution in [0.15, 0.2) is 36.5 Å². The minimum atomic E-state index is -0.145. The van der Waals surface area contributed by atoms with Gasteiger partial charge in [-0.05, 0) is 48.7 Å². The van der Waals surface area contributed by atoms with E-state index < -0.39 is 0 Å². The van der Waals surface area contributed by atoms with Gasteiger partial charge in [0.25, 0.3) is 5.91 Å². The van der Waals surface area contributed by atoms with Crippen molar-refractivity contribution in [2.24, 2.45) is 5.73 Å². The lowest BCUT2D eigenvalue weighted by Crippen LogP contribution is -2.13. The van der Waals surface area contributed by atoms with Gasteiger partial charge in [-0.1, -0.05) is 13.0 Å². The van der Waals surface area contributed by atoms with E-state index in [1.807, 2.05) is 18.2 Å². The van der Waals surface area contributed by atoms with Crippen LogP contribution in [0.25, 0.3) is 0 Å². The number of nitrogens with two attached hydrogens (primary N) is 1. The number of rotatable bonds is 4. The molecule has 1 amide bonds. The first-order valence-electron chi connectivity index (χ1n) is 6.70. The largest absolute Gasteiger partial charge is 0.325 e. The Morgan fingerprint density at radius 3 is 2.71 bits per heavy atom. The second-order valence-corrected chi connectivity index (χ2v) is 4.69. The monoisotopic (exact) mass is 305 g/mol. The maximum Gasteiger partial charge on any atom is 0.255 e. The zero-order valence-electron chi connectivity index (χ0n) is 12.2. The van der Waals surface area contributed by atoms with Crippen LogP contribution in [0, 0.1) is 6.92 Å². The van der Waals surface area contributed by atoms with Gasteiger partial charge in [-0.3, -0.25) is 9.78 Å². The van der Waals surface area contributed by atoms with Crippen LogP contribution in [0.2, 0.25) is 0 Å². The van der Waals surface area contributed by atoms with Crippen LogP contribution in [-0.2, 0) is 13.0 Å². The first-order chi connectivity index (χ1) is 9.63. The van der Waals surface area contributed by atoms with Crippen molar-refractivity contribution >= 4 is 24.0 Å². The van der Waals surface area contributed by atoms with E-state index in [2.05, 4.69) is 24.1 Å². The number of nitrogens with zero attached hydrogens (tertiary/aromatic N) is 1. The third-order valence-corrected chi connectivity index (χ3v) is 3.28. The van der Waals surface area contributed by atoms with Crippen molar-refractivity contribution in [2.45, 2.75) is 26.8 Å². The fourth-order valence-electron chi connectivity index (χ4n) is 2.06. The summed E-state index contributed by atoms with van der Waals surface area (Å²) in [4.78, 5) is 16.3. The molecule has 0 unspecified atom stereocenters. The molecule has 0 fully saturated rings. The number of pyridine rings is 1. The van der Waals surface area contributed by atoms with Crippen LogP contribution < -0.4 is 11.1 Å². The highest BCUT2D eigenvalue weighted by atomic mass is 35.5. The molecule has 0 saturated heterocycles. The number of benzene rings is 1. The summed E-state index contributed by atoms with van der Waals surface area (Å²) in [5.41, 5.74) is 10.1. The van der Waals surface area contributed by atoms with E-state index in [1.165, 1.54) is 11.1 Å². The number of carbonyl (C=O) groups excluding carboxylic acids is 1. The Balaban J connectivity index is 0.00000220. The molecule has 0 aliphatic heterocycles. The molecule has 112 valence electrons. The van der Waals surface area contributed by atoms with Gasteiger partial charge in [0.15, 0.2) is 0 Å². The lowest BCUT2D eigenvalue weighted by atomic mass is 10.1. The van der Waals surface area contributed by atoms with Crippen molar-refractivity contribution in [3.05, 3.63) is 58.9 Å². The van der Waals surface area contributed by atoms with Gasteiger partial charge in [-0.25, -0.2) is 0 Å². The van der Waals surface area contributed by atoms with Crippen LogP contribution >= 0.6 is 12.4 Å². The molecule has 0 aliphatic rings. The Morgan fingerprint density at radius 1 is 1.29 bits per heavy atom. The fourth-order valence-corrected chi connectivity index (χ4v) is 2.06. The lowest BCUT2D eigenvalue weighted by Gasteiger charge is -2.09. The van der Waals surface area contributed by atoms with E-state index in [9.17, 15) is 4.79 Å². The number of aromatic nitrogens is 1. The molecule has 2 aromatic rings. The highest BCUT2D eigenvalue weighted by Crippen LogP contribution is 2.16. The van der Waals surface area contributed by atoms with Crippen LogP contribution in [0.4, 0.5) is 5.69 Å². The highest BCUT2D eigenvalue weighted by molar-refractivity contribution is 6.04. The molecule has 5 heteroatoms. The maximum atomic E-state index is 12.2. The predicted octanol–water partition coefficient (Wildman–Crippen LogP) is 3.09. The second kappa shape index (κ2) is 7.76. The van der Waals surface area contributed by atoms with Crippen molar-refractivity contribution in [1.29, 1.82) is 0 Å². The normalized spacial score (nSPS) is 9.86. The summed E-state index contributed by atoms with van der Waals surface area (Å²) in [5.74, 6) is -0.145. The number of halogens is 1. The summed E-state index contributed by atoms with van der Waals surface area (Å²) in [7, 11) is 0. The van der Waals surface area contributed by atoms with E-state index in [-0.39, 0.29) is 18.3 Å². The average molecular weight is 306 g/mol. The molecule has 0 bridgehead atoms. The summed E-state index contributed by atoms with van der Waals surface area (Å²) in [5, 5.41) is 2.90. The number of carbonyl (C=O) groups is 1. The van der Waals surface area contributed by atoms with Crippen LogP contribution in [0.1, 0.15) is 34.1 Å². The van der Waals surface area contributed by atoms with Gasteiger partial charge < -0.3 is 11.1 Å². The van der Waals surface area contributed by atoms with Crippen molar-refractivity contribution in [3.8, 4) is 0 Å². The Kier molecular flexibility index (Phi) is 6.34. The van der Waals surface area contributed by atoms with E-state index in [0.717, 1.165) is 12.1 Å². The molecule has 4 nitrogen and oxygen atoms in total. The van der Waals surface area contributed by atoms with Crippen molar-refractivity contribution in [1.82, 2.24) is 4.98 Å². The number of hydrogen-bond acceptors (Lipinski definition) is 3. The molecule has 3 N–H and O–H groups in total. The fraction of sp³-hybridized carbons (Fsp3) is 0.250. The van der Waals surface area contributed by atoms with Crippen molar-refractivity contribution < 1.29 is 4.79 Å². The minimum absolute atomic E-state index is 0.